The van der Waals surface area contributed by atoms with Gasteiger partial charge in [-0.25, -0.2) is 22.8 Å². The average molecular weight is 477 g/mol. The van der Waals surface area contributed by atoms with Crippen molar-refractivity contribution in [3.8, 4) is 0 Å². The highest BCUT2D eigenvalue weighted by molar-refractivity contribution is 7.91. The number of imidazole rings is 1. The zero-order valence-electron chi connectivity index (χ0n) is 16.8. The molecule has 0 saturated heterocycles. The quantitative estimate of drug-likeness (QED) is 0.232. The highest BCUT2D eigenvalue weighted by atomic mass is 32.2. The Morgan fingerprint density at radius 1 is 1.00 bits per heavy atom. The molecule has 6 nitrogen and oxygen atoms in total. The Balaban J connectivity index is 1.49. The zero-order valence-corrected chi connectivity index (χ0v) is 17.6. The van der Waals surface area contributed by atoms with Gasteiger partial charge in [0.1, 0.15) is 5.82 Å². The van der Waals surface area contributed by atoms with Crippen LogP contribution in [0, 0.1) is 5.82 Å². The minimum Gasteiger partial charge on any atom is -0.294 e. The first-order valence-corrected chi connectivity index (χ1v) is 11.1. The number of aromatic nitrogens is 3. The fraction of sp³-hybridized carbons (Fsp3) is 0.136. The molecule has 11 heteroatoms. The van der Waals surface area contributed by atoms with Crippen molar-refractivity contribution in [2.45, 2.75) is 28.8 Å². The second kappa shape index (κ2) is 8.39. The molecule has 0 amide bonds. The molecule has 0 aliphatic heterocycles. The van der Waals surface area contributed by atoms with Crippen molar-refractivity contribution >= 4 is 21.4 Å². The SMILES string of the molecule is O=C(CCc1ccc(S(=O)(=O)c2ccc(F)c(C(F)(F)F)c2)cc1)c1cnc2nccn2c1. The smallest absolute Gasteiger partial charge is 0.294 e. The third-order valence-electron chi connectivity index (χ3n) is 5.00. The summed E-state index contributed by atoms with van der Waals surface area (Å²) in [4.78, 5) is 19.6. The van der Waals surface area contributed by atoms with Crippen LogP contribution in [0.4, 0.5) is 17.6 Å². The van der Waals surface area contributed by atoms with Gasteiger partial charge in [0, 0.05) is 31.2 Å². The molecule has 0 N–H and O–H groups in total. The van der Waals surface area contributed by atoms with Crippen molar-refractivity contribution in [2.24, 2.45) is 0 Å². The summed E-state index contributed by atoms with van der Waals surface area (Å²) in [5, 5.41) is 0. The summed E-state index contributed by atoms with van der Waals surface area (Å²) in [6.07, 6.45) is 1.70. The molecule has 4 aromatic rings. The van der Waals surface area contributed by atoms with Crippen LogP contribution < -0.4 is 0 Å². The first kappa shape index (κ1) is 22.6. The fourth-order valence-electron chi connectivity index (χ4n) is 3.22. The number of ketones is 1. The van der Waals surface area contributed by atoms with Crippen LogP contribution >= 0.6 is 0 Å². The Morgan fingerprint density at radius 2 is 1.70 bits per heavy atom. The summed E-state index contributed by atoms with van der Waals surface area (Å²) in [6.45, 7) is 0. The molecule has 0 aliphatic carbocycles. The lowest BCUT2D eigenvalue weighted by molar-refractivity contribution is -0.140. The highest BCUT2D eigenvalue weighted by Crippen LogP contribution is 2.34. The monoisotopic (exact) mass is 477 g/mol. The Morgan fingerprint density at radius 3 is 2.39 bits per heavy atom. The number of alkyl halides is 3. The van der Waals surface area contributed by atoms with Crippen molar-refractivity contribution < 1.29 is 30.8 Å². The predicted octanol–water partition coefficient (Wildman–Crippen LogP) is 4.54. The largest absolute Gasteiger partial charge is 0.419 e. The highest BCUT2D eigenvalue weighted by Gasteiger charge is 2.35. The molecule has 2 aromatic heterocycles. The molecule has 0 spiro atoms. The molecule has 0 unspecified atom stereocenters. The Kier molecular flexibility index (Phi) is 5.75. The van der Waals surface area contributed by atoms with E-state index < -0.39 is 32.3 Å². The van der Waals surface area contributed by atoms with Gasteiger partial charge in [0.25, 0.3) is 0 Å². The van der Waals surface area contributed by atoms with Gasteiger partial charge in [-0.2, -0.15) is 13.2 Å². The number of aryl methyl sites for hydroxylation is 1. The Labute approximate surface area is 185 Å². The standard InChI is InChI=1S/C22H15F4N3O3S/c23-19-7-6-17(11-18(19)22(24,25)26)33(31,32)16-4-1-14(2-5-16)3-8-20(30)15-12-28-21-27-9-10-29(21)13-15/h1-2,4-7,9-13H,3,8H2. The summed E-state index contributed by atoms with van der Waals surface area (Å²) in [5.74, 6) is -1.25. The summed E-state index contributed by atoms with van der Waals surface area (Å²) < 4.78 is 79.3. The van der Waals surface area contributed by atoms with Gasteiger partial charge >= 0.3 is 6.18 Å². The van der Waals surface area contributed by atoms with Gasteiger partial charge in [-0.05, 0) is 42.3 Å². The lowest BCUT2D eigenvalue weighted by Crippen LogP contribution is -2.11. The first-order valence-electron chi connectivity index (χ1n) is 9.58. The first-order chi connectivity index (χ1) is 15.6. The lowest BCUT2D eigenvalue weighted by atomic mass is 10.0. The predicted molar refractivity (Wildman–Crippen MR) is 109 cm³/mol. The van der Waals surface area contributed by atoms with Crippen LogP contribution in [-0.4, -0.2) is 28.6 Å². The molecule has 0 aliphatic rings. The van der Waals surface area contributed by atoms with Gasteiger partial charge < -0.3 is 0 Å². The number of Topliss-reactive ketones (excluding diaryl/α,β-unsaturated/α-hetero) is 1. The minimum atomic E-state index is -5.02. The average Bonchev–Trinajstić information content (AvgIpc) is 3.25. The molecule has 0 bridgehead atoms. The summed E-state index contributed by atoms with van der Waals surface area (Å²) >= 11 is 0. The fourth-order valence-corrected chi connectivity index (χ4v) is 4.51. The van der Waals surface area contributed by atoms with Crippen LogP contribution in [0.2, 0.25) is 0 Å². The maximum absolute atomic E-state index is 13.5. The van der Waals surface area contributed by atoms with Gasteiger partial charge in [0.05, 0.1) is 20.9 Å². The molecule has 0 radical (unpaired) electrons. The van der Waals surface area contributed by atoms with E-state index in [1.54, 1.807) is 23.0 Å². The second-order valence-electron chi connectivity index (χ2n) is 7.19. The normalized spacial score (nSPS) is 12.2. The topological polar surface area (TPSA) is 81.4 Å². The summed E-state index contributed by atoms with van der Waals surface area (Å²) in [6, 6.07) is 6.98. The van der Waals surface area contributed by atoms with Crippen molar-refractivity contribution in [2.75, 3.05) is 0 Å². The Bertz CT molecular complexity index is 1450. The maximum Gasteiger partial charge on any atom is 0.419 e. The van der Waals surface area contributed by atoms with E-state index in [1.165, 1.54) is 30.5 Å². The van der Waals surface area contributed by atoms with Crippen LogP contribution in [0.25, 0.3) is 5.78 Å². The van der Waals surface area contributed by atoms with E-state index in [0.717, 1.165) is 6.07 Å². The third kappa shape index (κ3) is 4.63. The zero-order chi connectivity index (χ0) is 23.8. The van der Waals surface area contributed by atoms with Crippen LogP contribution in [0.5, 0.6) is 0 Å². The van der Waals surface area contributed by atoms with Crippen LogP contribution in [0.1, 0.15) is 27.9 Å². The van der Waals surface area contributed by atoms with Gasteiger partial charge in [-0.15, -0.1) is 0 Å². The molecule has 0 saturated carbocycles. The van der Waals surface area contributed by atoms with E-state index in [9.17, 15) is 30.8 Å². The maximum atomic E-state index is 13.5. The third-order valence-corrected chi connectivity index (χ3v) is 6.76. The van der Waals surface area contributed by atoms with Crippen LogP contribution in [-0.2, 0) is 22.4 Å². The molecule has 2 heterocycles. The number of nitrogens with zero attached hydrogens (tertiary/aromatic N) is 3. The van der Waals surface area contributed by atoms with Gasteiger partial charge in [0.2, 0.25) is 15.6 Å². The lowest BCUT2D eigenvalue weighted by Gasteiger charge is -2.11. The van der Waals surface area contributed by atoms with Gasteiger partial charge in [-0.1, -0.05) is 12.1 Å². The molecular weight excluding hydrogens is 462 g/mol. The van der Waals surface area contributed by atoms with Crippen LogP contribution in [0.3, 0.4) is 0 Å². The molecule has 0 atom stereocenters. The number of benzene rings is 2. The Hall–Kier alpha value is -3.60. The summed E-state index contributed by atoms with van der Waals surface area (Å²) in [7, 11) is -4.30. The van der Waals surface area contributed by atoms with Crippen molar-refractivity contribution in [1.82, 2.24) is 14.4 Å². The van der Waals surface area contributed by atoms with E-state index in [2.05, 4.69) is 9.97 Å². The number of fused-ring (bicyclic) bond motifs is 1. The number of hydrogen-bond acceptors (Lipinski definition) is 5. The van der Waals surface area contributed by atoms with E-state index in [-0.39, 0.29) is 23.2 Å². The number of carbonyl (C=O) groups is 1. The molecule has 33 heavy (non-hydrogen) atoms. The molecular formula is C22H15F4N3O3S. The molecule has 170 valence electrons. The molecule has 0 fully saturated rings. The summed E-state index contributed by atoms with van der Waals surface area (Å²) in [5.41, 5.74) is -0.590. The van der Waals surface area contributed by atoms with Crippen LogP contribution in [0.15, 0.2) is 77.0 Å². The van der Waals surface area contributed by atoms with E-state index in [0.29, 0.717) is 29.4 Å². The van der Waals surface area contributed by atoms with E-state index in [4.69, 9.17) is 0 Å². The molecule has 2 aromatic carbocycles. The van der Waals surface area contributed by atoms with E-state index >= 15 is 0 Å². The van der Waals surface area contributed by atoms with Crippen molar-refractivity contribution in [1.29, 1.82) is 0 Å². The van der Waals surface area contributed by atoms with Gasteiger partial charge in [0.15, 0.2) is 5.78 Å². The minimum absolute atomic E-state index is 0.140. The molecule has 4 rings (SSSR count). The van der Waals surface area contributed by atoms with Gasteiger partial charge in [-0.3, -0.25) is 9.20 Å². The van der Waals surface area contributed by atoms with Crippen molar-refractivity contribution in [3.63, 3.8) is 0 Å². The number of carbonyl (C=O) groups excluding carboxylic acids is 1. The number of hydrogen-bond donors (Lipinski definition) is 0. The number of rotatable bonds is 6. The number of sulfone groups is 1. The second-order valence-corrected chi connectivity index (χ2v) is 9.14. The van der Waals surface area contributed by atoms with E-state index in [1.807, 2.05) is 0 Å². The van der Waals surface area contributed by atoms with Crippen molar-refractivity contribution in [3.05, 3.63) is 89.8 Å². The number of halogens is 4.